The second kappa shape index (κ2) is 5.93. The van der Waals surface area contributed by atoms with Crippen molar-refractivity contribution in [3.8, 4) is 11.5 Å². The van der Waals surface area contributed by atoms with Crippen molar-refractivity contribution in [2.45, 2.75) is 13.8 Å². The van der Waals surface area contributed by atoms with Crippen molar-refractivity contribution in [1.82, 2.24) is 0 Å². The summed E-state index contributed by atoms with van der Waals surface area (Å²) in [5, 5.41) is 3.12. The van der Waals surface area contributed by atoms with E-state index in [1.54, 1.807) is 24.4 Å². The Bertz CT molecular complexity index is 730. The predicted molar refractivity (Wildman–Crippen MR) is 85.6 cm³/mol. The van der Waals surface area contributed by atoms with Crippen molar-refractivity contribution >= 4 is 11.5 Å². The number of ketones is 1. The zero-order valence-electron chi connectivity index (χ0n) is 12.6. The summed E-state index contributed by atoms with van der Waals surface area (Å²) >= 11 is 0. The minimum atomic E-state index is -0.0878. The second-order valence-corrected chi connectivity index (χ2v) is 5.29. The van der Waals surface area contributed by atoms with Gasteiger partial charge in [0.1, 0.15) is 0 Å². The van der Waals surface area contributed by atoms with E-state index < -0.39 is 0 Å². The Kier molecular flexibility index (Phi) is 3.83. The molecular formula is C18H17NO3. The first kappa shape index (κ1) is 14.2. The van der Waals surface area contributed by atoms with Crippen molar-refractivity contribution in [2.75, 3.05) is 12.1 Å². The van der Waals surface area contributed by atoms with Crippen LogP contribution in [0.4, 0.5) is 5.69 Å². The van der Waals surface area contributed by atoms with Gasteiger partial charge in [0.25, 0.3) is 0 Å². The number of hydrogen-bond donors (Lipinski definition) is 1. The third-order valence-electron chi connectivity index (χ3n) is 3.36. The summed E-state index contributed by atoms with van der Waals surface area (Å²) in [6.45, 7) is 4.29. The van der Waals surface area contributed by atoms with Crippen LogP contribution in [0.3, 0.4) is 0 Å². The lowest BCUT2D eigenvalue weighted by Gasteiger charge is -2.04. The Hall–Kier alpha value is -2.75. The highest BCUT2D eigenvalue weighted by molar-refractivity contribution is 6.05. The Morgan fingerprint density at radius 2 is 1.77 bits per heavy atom. The summed E-state index contributed by atoms with van der Waals surface area (Å²) in [6.07, 6.45) is 3.16. The molecule has 1 aliphatic heterocycles. The summed E-state index contributed by atoms with van der Waals surface area (Å²) in [7, 11) is 0. The molecule has 22 heavy (non-hydrogen) atoms. The van der Waals surface area contributed by atoms with Crippen molar-refractivity contribution in [3.63, 3.8) is 0 Å². The summed E-state index contributed by atoms with van der Waals surface area (Å²) in [5.41, 5.74) is 3.89. The van der Waals surface area contributed by atoms with E-state index in [4.69, 9.17) is 9.47 Å². The van der Waals surface area contributed by atoms with Crippen LogP contribution in [0.1, 0.15) is 21.5 Å². The molecule has 0 saturated heterocycles. The van der Waals surface area contributed by atoms with Crippen molar-refractivity contribution in [3.05, 3.63) is 65.4 Å². The second-order valence-electron chi connectivity index (χ2n) is 5.29. The number of aryl methyl sites for hydroxylation is 2. The van der Waals surface area contributed by atoms with Gasteiger partial charge in [0, 0.05) is 23.5 Å². The quantitative estimate of drug-likeness (QED) is 0.687. The molecule has 4 heteroatoms. The van der Waals surface area contributed by atoms with Gasteiger partial charge in [-0.25, -0.2) is 0 Å². The zero-order valence-corrected chi connectivity index (χ0v) is 12.6. The molecule has 1 aliphatic rings. The van der Waals surface area contributed by atoms with Crippen LogP contribution in [-0.2, 0) is 0 Å². The molecule has 0 aromatic heterocycles. The standard InChI is InChI=1S/C18H17NO3/c1-12-7-13(2)9-15(8-12)19-6-5-16(20)14-3-4-17-18(10-14)22-11-21-17/h3-10,19H,11H2,1-2H3. The summed E-state index contributed by atoms with van der Waals surface area (Å²) in [5.74, 6) is 1.20. The van der Waals surface area contributed by atoms with Gasteiger partial charge in [-0.2, -0.15) is 0 Å². The van der Waals surface area contributed by atoms with E-state index >= 15 is 0 Å². The molecule has 2 aromatic carbocycles. The largest absolute Gasteiger partial charge is 0.454 e. The van der Waals surface area contributed by atoms with Gasteiger partial charge in [-0.3, -0.25) is 4.79 Å². The van der Waals surface area contributed by atoms with Gasteiger partial charge in [-0.1, -0.05) is 6.07 Å². The maximum atomic E-state index is 12.1. The highest BCUT2D eigenvalue weighted by Crippen LogP contribution is 2.32. The molecule has 0 atom stereocenters. The van der Waals surface area contributed by atoms with Crippen LogP contribution in [-0.4, -0.2) is 12.6 Å². The molecule has 0 radical (unpaired) electrons. The Labute approximate surface area is 129 Å². The Morgan fingerprint density at radius 1 is 1.05 bits per heavy atom. The highest BCUT2D eigenvalue weighted by atomic mass is 16.7. The first-order valence-corrected chi connectivity index (χ1v) is 7.07. The lowest BCUT2D eigenvalue weighted by atomic mass is 10.1. The molecular weight excluding hydrogens is 278 g/mol. The number of allylic oxidation sites excluding steroid dienone is 1. The molecule has 4 nitrogen and oxygen atoms in total. The molecule has 1 N–H and O–H groups in total. The van der Waals surface area contributed by atoms with Crippen LogP contribution >= 0.6 is 0 Å². The number of rotatable bonds is 4. The maximum Gasteiger partial charge on any atom is 0.231 e. The maximum absolute atomic E-state index is 12.1. The van der Waals surface area contributed by atoms with Gasteiger partial charge in [0.05, 0.1) is 0 Å². The van der Waals surface area contributed by atoms with Gasteiger partial charge in [-0.05, 0) is 55.3 Å². The Morgan fingerprint density at radius 3 is 2.55 bits per heavy atom. The van der Waals surface area contributed by atoms with Crippen LogP contribution < -0.4 is 14.8 Å². The normalized spacial score (nSPS) is 12.6. The lowest BCUT2D eigenvalue weighted by molar-refractivity contribution is 0.104. The molecule has 0 spiro atoms. The molecule has 0 fully saturated rings. The smallest absolute Gasteiger partial charge is 0.231 e. The first-order chi connectivity index (χ1) is 10.6. The fourth-order valence-electron chi connectivity index (χ4n) is 2.42. The number of fused-ring (bicyclic) bond motifs is 1. The monoisotopic (exact) mass is 295 g/mol. The van der Waals surface area contributed by atoms with E-state index in [0.29, 0.717) is 17.1 Å². The molecule has 0 saturated carbocycles. The van der Waals surface area contributed by atoms with E-state index in [2.05, 4.69) is 11.4 Å². The summed E-state index contributed by atoms with van der Waals surface area (Å²) in [6, 6.07) is 11.3. The fourth-order valence-corrected chi connectivity index (χ4v) is 2.42. The average molecular weight is 295 g/mol. The number of ether oxygens (including phenoxy) is 2. The minimum Gasteiger partial charge on any atom is -0.454 e. The molecule has 1 heterocycles. The molecule has 2 aromatic rings. The number of carbonyl (C=O) groups excluding carboxylic acids is 1. The molecule has 3 rings (SSSR count). The van der Waals surface area contributed by atoms with E-state index in [9.17, 15) is 4.79 Å². The zero-order chi connectivity index (χ0) is 15.5. The fraction of sp³-hybridized carbons (Fsp3) is 0.167. The molecule has 112 valence electrons. The van der Waals surface area contributed by atoms with E-state index in [0.717, 1.165) is 5.69 Å². The van der Waals surface area contributed by atoms with Crippen molar-refractivity contribution < 1.29 is 14.3 Å². The van der Waals surface area contributed by atoms with E-state index in [1.807, 2.05) is 26.0 Å². The van der Waals surface area contributed by atoms with Gasteiger partial charge in [0.2, 0.25) is 6.79 Å². The van der Waals surface area contributed by atoms with Crippen LogP contribution in [0.25, 0.3) is 0 Å². The number of benzene rings is 2. The van der Waals surface area contributed by atoms with Crippen molar-refractivity contribution in [2.24, 2.45) is 0 Å². The minimum absolute atomic E-state index is 0.0878. The first-order valence-electron chi connectivity index (χ1n) is 7.07. The van der Waals surface area contributed by atoms with Gasteiger partial charge in [-0.15, -0.1) is 0 Å². The van der Waals surface area contributed by atoms with Gasteiger partial charge < -0.3 is 14.8 Å². The highest BCUT2D eigenvalue weighted by Gasteiger charge is 2.14. The van der Waals surface area contributed by atoms with Crippen LogP contribution in [0.5, 0.6) is 11.5 Å². The van der Waals surface area contributed by atoms with Crippen LogP contribution in [0.15, 0.2) is 48.7 Å². The topological polar surface area (TPSA) is 47.6 Å². The van der Waals surface area contributed by atoms with E-state index in [1.165, 1.54) is 17.2 Å². The number of nitrogens with one attached hydrogen (secondary N) is 1. The molecule has 0 bridgehead atoms. The molecule has 0 aliphatic carbocycles. The summed E-state index contributed by atoms with van der Waals surface area (Å²) < 4.78 is 10.5. The molecule has 0 unspecified atom stereocenters. The lowest BCUT2D eigenvalue weighted by Crippen LogP contribution is -1.97. The number of anilines is 1. The average Bonchev–Trinajstić information content (AvgIpc) is 2.93. The van der Waals surface area contributed by atoms with E-state index in [-0.39, 0.29) is 12.6 Å². The number of carbonyl (C=O) groups is 1. The number of hydrogen-bond acceptors (Lipinski definition) is 4. The van der Waals surface area contributed by atoms with Crippen molar-refractivity contribution in [1.29, 1.82) is 0 Å². The molecule has 0 amide bonds. The van der Waals surface area contributed by atoms with Gasteiger partial charge in [0.15, 0.2) is 17.3 Å². The van der Waals surface area contributed by atoms with Gasteiger partial charge >= 0.3 is 0 Å². The van der Waals surface area contributed by atoms with Crippen LogP contribution in [0, 0.1) is 13.8 Å². The third kappa shape index (κ3) is 3.11. The predicted octanol–water partition coefficient (Wildman–Crippen LogP) is 3.84. The SMILES string of the molecule is Cc1cc(C)cc(NC=CC(=O)c2ccc3c(c2)OCO3)c1. The Balaban J connectivity index is 1.68. The third-order valence-corrected chi connectivity index (χ3v) is 3.36. The van der Waals surface area contributed by atoms with Crippen LogP contribution in [0.2, 0.25) is 0 Å². The summed E-state index contributed by atoms with van der Waals surface area (Å²) in [4.78, 5) is 12.1.